The number of benzene rings is 1. The van der Waals surface area contributed by atoms with Crippen molar-refractivity contribution >= 4 is 33.0 Å². The highest BCUT2D eigenvalue weighted by Crippen LogP contribution is 2.29. The quantitative estimate of drug-likeness (QED) is 0.640. The molecule has 8 heteroatoms. The summed E-state index contributed by atoms with van der Waals surface area (Å²) in [5, 5.41) is 0. The van der Waals surface area contributed by atoms with Crippen LogP contribution in [0.5, 0.6) is 0 Å². The van der Waals surface area contributed by atoms with Gasteiger partial charge in [0.15, 0.2) is 0 Å². The van der Waals surface area contributed by atoms with E-state index < -0.39 is 10.0 Å². The molecule has 28 heavy (non-hydrogen) atoms. The molecular formula is C20H22ClN3O2S2. The van der Waals surface area contributed by atoms with Gasteiger partial charge < -0.3 is 4.57 Å². The summed E-state index contributed by atoms with van der Waals surface area (Å²) >= 11 is 6.98. The molecule has 3 aromatic rings. The summed E-state index contributed by atoms with van der Waals surface area (Å²) in [6, 6.07) is 15.6. The Kier molecular flexibility index (Phi) is 5.62. The highest BCUT2D eigenvalue weighted by Gasteiger charge is 2.28. The summed E-state index contributed by atoms with van der Waals surface area (Å²) < 4.78 is 31.0. The molecule has 5 nitrogen and oxygen atoms in total. The molecule has 0 fully saturated rings. The lowest BCUT2D eigenvalue weighted by atomic mass is 9.98. The Labute approximate surface area is 174 Å². The summed E-state index contributed by atoms with van der Waals surface area (Å²) in [6.45, 7) is 2.00. The molecule has 0 bridgehead atoms. The Balaban J connectivity index is 1.58. The number of rotatable bonds is 6. The lowest BCUT2D eigenvalue weighted by Gasteiger charge is -2.36. The van der Waals surface area contributed by atoms with E-state index in [9.17, 15) is 8.42 Å². The predicted octanol–water partition coefficient (Wildman–Crippen LogP) is 3.82. The van der Waals surface area contributed by atoms with Crippen LogP contribution in [0.2, 0.25) is 4.34 Å². The summed E-state index contributed by atoms with van der Waals surface area (Å²) in [5.74, 6) is 0. The van der Waals surface area contributed by atoms with E-state index >= 15 is 0 Å². The van der Waals surface area contributed by atoms with Gasteiger partial charge in [-0.2, -0.15) is 0 Å². The van der Waals surface area contributed by atoms with Gasteiger partial charge in [-0.1, -0.05) is 35.9 Å². The van der Waals surface area contributed by atoms with Crippen LogP contribution in [0.25, 0.3) is 0 Å². The minimum Gasteiger partial charge on any atom is -0.353 e. The monoisotopic (exact) mass is 435 g/mol. The second kappa shape index (κ2) is 8.00. The number of nitrogens with one attached hydrogen (secondary N) is 1. The van der Waals surface area contributed by atoms with Crippen LogP contribution in [0.15, 0.2) is 58.9 Å². The predicted molar refractivity (Wildman–Crippen MR) is 113 cm³/mol. The summed E-state index contributed by atoms with van der Waals surface area (Å²) in [6.07, 6.45) is 2.96. The van der Waals surface area contributed by atoms with Crippen molar-refractivity contribution in [3.63, 3.8) is 0 Å². The largest absolute Gasteiger partial charge is 0.353 e. The van der Waals surface area contributed by atoms with Crippen LogP contribution in [0.3, 0.4) is 0 Å². The van der Waals surface area contributed by atoms with Crippen molar-refractivity contribution in [3.8, 4) is 0 Å². The Hall–Kier alpha value is -1.64. The Morgan fingerprint density at radius 1 is 1.14 bits per heavy atom. The first-order chi connectivity index (χ1) is 13.4. The van der Waals surface area contributed by atoms with Crippen molar-refractivity contribution < 1.29 is 8.42 Å². The minimum absolute atomic E-state index is 0.0569. The van der Waals surface area contributed by atoms with E-state index in [1.165, 1.54) is 11.1 Å². The number of hydrogen-bond acceptors (Lipinski definition) is 4. The number of aromatic nitrogens is 1. The smallest absolute Gasteiger partial charge is 0.250 e. The fourth-order valence-corrected chi connectivity index (χ4v) is 6.29. The number of aryl methyl sites for hydroxylation is 1. The number of nitrogens with zero attached hydrogens (tertiary/aromatic N) is 2. The molecule has 0 radical (unpaired) electrons. The summed E-state index contributed by atoms with van der Waals surface area (Å²) in [7, 11) is -1.60. The van der Waals surface area contributed by atoms with Gasteiger partial charge >= 0.3 is 0 Å². The van der Waals surface area contributed by atoms with Crippen molar-refractivity contribution in [3.05, 3.63) is 75.9 Å². The third-order valence-electron chi connectivity index (χ3n) is 5.21. The molecule has 1 atom stereocenters. The zero-order chi connectivity index (χ0) is 19.7. The van der Waals surface area contributed by atoms with Crippen molar-refractivity contribution in [1.82, 2.24) is 14.2 Å². The van der Waals surface area contributed by atoms with Crippen LogP contribution in [0.4, 0.5) is 0 Å². The van der Waals surface area contributed by atoms with E-state index in [1.807, 2.05) is 19.3 Å². The number of fused-ring (bicyclic) bond motifs is 1. The highest BCUT2D eigenvalue weighted by atomic mass is 35.5. The zero-order valence-corrected chi connectivity index (χ0v) is 17.9. The van der Waals surface area contributed by atoms with Crippen LogP contribution >= 0.6 is 22.9 Å². The Morgan fingerprint density at radius 3 is 2.61 bits per heavy atom. The lowest BCUT2D eigenvalue weighted by Crippen LogP contribution is -2.41. The van der Waals surface area contributed by atoms with Crippen LogP contribution in [-0.2, 0) is 30.0 Å². The van der Waals surface area contributed by atoms with E-state index in [0.717, 1.165) is 36.5 Å². The minimum atomic E-state index is -3.59. The van der Waals surface area contributed by atoms with Gasteiger partial charge in [0.05, 0.1) is 10.4 Å². The normalized spacial score (nSPS) is 16.1. The molecule has 0 saturated heterocycles. The van der Waals surface area contributed by atoms with Gasteiger partial charge in [0.1, 0.15) is 4.21 Å². The van der Waals surface area contributed by atoms with E-state index in [1.54, 1.807) is 12.1 Å². The van der Waals surface area contributed by atoms with Crippen LogP contribution in [0, 0.1) is 0 Å². The second-order valence-corrected chi connectivity index (χ2v) is 10.7. The third kappa shape index (κ3) is 4.04. The molecule has 1 unspecified atom stereocenters. The molecule has 148 valence electrons. The Bertz CT molecular complexity index is 1070. The average molecular weight is 436 g/mol. The van der Waals surface area contributed by atoms with E-state index in [4.69, 9.17) is 11.6 Å². The topological polar surface area (TPSA) is 54.3 Å². The van der Waals surface area contributed by atoms with Gasteiger partial charge in [0, 0.05) is 38.6 Å². The standard InChI is InChI=1S/C20H22ClN3O2S2/c1-23-11-4-7-17(23)18(13-22-28(25,26)20-9-8-19(21)27-20)24-12-10-15-5-2-3-6-16(15)14-24/h2-9,11,18,22H,10,12-14H2,1H3. The summed E-state index contributed by atoms with van der Waals surface area (Å²) in [4.78, 5) is 2.35. The van der Waals surface area contributed by atoms with Gasteiger partial charge in [-0.05, 0) is 41.8 Å². The Morgan fingerprint density at radius 2 is 1.93 bits per heavy atom. The maximum atomic E-state index is 12.7. The lowest BCUT2D eigenvalue weighted by molar-refractivity contribution is 0.174. The number of thiophene rings is 1. The summed E-state index contributed by atoms with van der Waals surface area (Å²) in [5.41, 5.74) is 3.77. The van der Waals surface area contributed by atoms with Crippen molar-refractivity contribution in [2.45, 2.75) is 23.2 Å². The van der Waals surface area contributed by atoms with E-state index in [-0.39, 0.29) is 10.3 Å². The van der Waals surface area contributed by atoms with Gasteiger partial charge in [0.2, 0.25) is 10.0 Å². The van der Waals surface area contributed by atoms with Gasteiger partial charge in [-0.15, -0.1) is 11.3 Å². The molecule has 0 saturated carbocycles. The fourth-order valence-electron chi connectivity index (χ4n) is 3.73. The van der Waals surface area contributed by atoms with Crippen LogP contribution in [-0.4, -0.2) is 31.0 Å². The molecule has 0 amide bonds. The first-order valence-electron chi connectivity index (χ1n) is 9.11. The molecule has 1 aliphatic rings. The molecule has 1 N–H and O–H groups in total. The van der Waals surface area contributed by atoms with Crippen LogP contribution < -0.4 is 4.72 Å². The number of hydrogen-bond donors (Lipinski definition) is 1. The molecule has 1 aromatic carbocycles. The van der Waals surface area contributed by atoms with E-state index in [2.05, 4.69) is 44.5 Å². The van der Waals surface area contributed by atoms with E-state index in [0.29, 0.717) is 10.9 Å². The average Bonchev–Trinajstić information content (AvgIpc) is 3.31. The van der Waals surface area contributed by atoms with Gasteiger partial charge in [-0.3, -0.25) is 4.90 Å². The first-order valence-corrected chi connectivity index (χ1v) is 11.8. The second-order valence-electron chi connectivity index (χ2n) is 6.96. The van der Waals surface area contributed by atoms with Crippen molar-refractivity contribution in [2.24, 2.45) is 7.05 Å². The zero-order valence-electron chi connectivity index (χ0n) is 15.5. The third-order valence-corrected chi connectivity index (χ3v) is 8.35. The molecule has 3 heterocycles. The maximum Gasteiger partial charge on any atom is 0.250 e. The maximum absolute atomic E-state index is 12.7. The molecular weight excluding hydrogens is 414 g/mol. The first kappa shape index (κ1) is 19.7. The number of sulfonamides is 1. The molecule has 4 rings (SSSR count). The highest BCUT2D eigenvalue weighted by molar-refractivity contribution is 7.91. The van der Waals surface area contributed by atoms with Crippen LogP contribution in [0.1, 0.15) is 22.9 Å². The van der Waals surface area contributed by atoms with Gasteiger partial charge in [0.25, 0.3) is 0 Å². The SMILES string of the molecule is Cn1cccc1C(CNS(=O)(=O)c1ccc(Cl)s1)N1CCc2ccccc2C1. The van der Waals surface area contributed by atoms with Crippen molar-refractivity contribution in [1.29, 1.82) is 0 Å². The molecule has 0 spiro atoms. The number of halogens is 1. The molecule has 1 aliphatic heterocycles. The van der Waals surface area contributed by atoms with Crippen molar-refractivity contribution in [2.75, 3.05) is 13.1 Å². The van der Waals surface area contributed by atoms with Gasteiger partial charge in [-0.25, -0.2) is 13.1 Å². The molecule has 0 aliphatic carbocycles. The molecule has 2 aromatic heterocycles. The fraction of sp³-hybridized carbons (Fsp3) is 0.300.